The van der Waals surface area contributed by atoms with Crippen LogP contribution in [0.15, 0.2) is 5.10 Å². The zero-order valence-electron chi connectivity index (χ0n) is 7.62. The summed E-state index contributed by atoms with van der Waals surface area (Å²) in [5.74, 6) is 1.24. The summed E-state index contributed by atoms with van der Waals surface area (Å²) in [5, 5.41) is 4.28. The van der Waals surface area contributed by atoms with Crippen LogP contribution in [-0.2, 0) is 0 Å². The van der Waals surface area contributed by atoms with Gasteiger partial charge in [-0.15, -0.1) is 0 Å². The van der Waals surface area contributed by atoms with Crippen LogP contribution < -0.4 is 0 Å². The number of hydrogen-bond acceptors (Lipinski definition) is 1. The fraction of sp³-hybridized carbons (Fsp3) is 0.778. The van der Waals surface area contributed by atoms with Crippen LogP contribution in [0, 0.1) is 11.8 Å². The molecular formula is C9H17N2+. The van der Waals surface area contributed by atoms with Crippen molar-refractivity contribution in [1.82, 2.24) is 0 Å². The second kappa shape index (κ2) is 3.65. The van der Waals surface area contributed by atoms with Gasteiger partial charge in [-0.25, -0.2) is 0 Å². The van der Waals surface area contributed by atoms with Crippen molar-refractivity contribution in [2.45, 2.75) is 27.2 Å². The van der Waals surface area contributed by atoms with E-state index in [0.717, 1.165) is 6.54 Å². The zero-order valence-corrected chi connectivity index (χ0v) is 7.62. The van der Waals surface area contributed by atoms with Gasteiger partial charge in [0.05, 0.1) is 12.1 Å². The lowest BCUT2D eigenvalue weighted by atomic mass is 9.99. The van der Waals surface area contributed by atoms with Crippen LogP contribution >= 0.6 is 0 Å². The third-order valence-corrected chi connectivity index (χ3v) is 1.95. The maximum absolute atomic E-state index is 4.28. The standard InChI is InChI=1S/C9H17N2/c1-4-5-11-7-9(6-10-11)8(2)3/h6-9H,4-5H2,1-3H3/q+1. The smallest absolute Gasteiger partial charge is 0.0949 e. The summed E-state index contributed by atoms with van der Waals surface area (Å²) in [4.78, 5) is 0. The molecule has 0 saturated carbocycles. The van der Waals surface area contributed by atoms with Crippen molar-refractivity contribution in [3.63, 3.8) is 0 Å². The van der Waals surface area contributed by atoms with Crippen LogP contribution in [0.25, 0.3) is 0 Å². The molecule has 1 heterocycles. The molecule has 0 aromatic carbocycles. The minimum Gasteiger partial charge on any atom is -0.0949 e. The van der Waals surface area contributed by atoms with Gasteiger partial charge in [0.2, 0.25) is 0 Å². The molecule has 0 aliphatic carbocycles. The molecule has 1 aliphatic heterocycles. The summed E-state index contributed by atoms with van der Waals surface area (Å²) in [6.07, 6.45) is 5.42. The first-order valence-corrected chi connectivity index (χ1v) is 4.39. The lowest BCUT2D eigenvalue weighted by Gasteiger charge is -2.01. The first-order valence-electron chi connectivity index (χ1n) is 4.39. The average Bonchev–Trinajstić information content (AvgIpc) is 2.37. The summed E-state index contributed by atoms with van der Waals surface area (Å²) < 4.78 is 2.05. The Morgan fingerprint density at radius 3 is 2.73 bits per heavy atom. The SMILES string of the molecule is CCC[N+]1=CC(C(C)C)C=N1. The van der Waals surface area contributed by atoms with Gasteiger partial charge in [0, 0.05) is 6.42 Å². The van der Waals surface area contributed by atoms with Gasteiger partial charge in [-0.2, -0.15) is 0 Å². The molecule has 2 heteroatoms. The van der Waals surface area contributed by atoms with Crippen LogP contribution in [0.2, 0.25) is 0 Å². The number of hydrazone groups is 1. The Bertz CT molecular complexity index is 180. The maximum atomic E-state index is 4.28. The highest BCUT2D eigenvalue weighted by molar-refractivity contribution is 5.83. The summed E-state index contributed by atoms with van der Waals surface area (Å²) in [5.41, 5.74) is 0. The van der Waals surface area contributed by atoms with E-state index < -0.39 is 0 Å². The summed E-state index contributed by atoms with van der Waals surface area (Å²) in [6, 6.07) is 0. The van der Waals surface area contributed by atoms with Crippen molar-refractivity contribution < 1.29 is 4.68 Å². The van der Waals surface area contributed by atoms with Gasteiger partial charge in [0.15, 0.2) is 12.8 Å². The molecule has 0 bridgehead atoms. The highest BCUT2D eigenvalue weighted by Gasteiger charge is 2.20. The van der Waals surface area contributed by atoms with Crippen LogP contribution in [0.1, 0.15) is 27.2 Å². The van der Waals surface area contributed by atoms with Gasteiger partial charge in [0.1, 0.15) is 0 Å². The van der Waals surface area contributed by atoms with Crippen molar-refractivity contribution in [2.24, 2.45) is 16.9 Å². The average molecular weight is 153 g/mol. The topological polar surface area (TPSA) is 15.4 Å². The van der Waals surface area contributed by atoms with Crippen molar-refractivity contribution in [3.8, 4) is 0 Å². The van der Waals surface area contributed by atoms with Crippen LogP contribution in [-0.4, -0.2) is 23.7 Å². The second-order valence-corrected chi connectivity index (χ2v) is 3.40. The van der Waals surface area contributed by atoms with Crippen LogP contribution in [0.4, 0.5) is 0 Å². The van der Waals surface area contributed by atoms with Crippen molar-refractivity contribution in [1.29, 1.82) is 0 Å². The fourth-order valence-electron chi connectivity index (χ4n) is 1.14. The summed E-state index contributed by atoms with van der Waals surface area (Å²) in [7, 11) is 0. The van der Waals surface area contributed by atoms with E-state index in [4.69, 9.17) is 0 Å². The maximum Gasteiger partial charge on any atom is 0.181 e. The Labute approximate surface area is 68.6 Å². The summed E-state index contributed by atoms with van der Waals surface area (Å²) >= 11 is 0. The first-order chi connectivity index (χ1) is 5.24. The molecule has 0 saturated heterocycles. The quantitative estimate of drug-likeness (QED) is 0.549. The van der Waals surface area contributed by atoms with Gasteiger partial charge in [0.25, 0.3) is 0 Å². The van der Waals surface area contributed by atoms with Gasteiger partial charge >= 0.3 is 0 Å². The van der Waals surface area contributed by atoms with Crippen LogP contribution in [0.3, 0.4) is 0 Å². The third-order valence-electron chi connectivity index (χ3n) is 1.95. The predicted octanol–water partition coefficient (Wildman–Crippen LogP) is 1.75. The largest absolute Gasteiger partial charge is 0.181 e. The lowest BCUT2D eigenvalue weighted by molar-refractivity contribution is -0.526. The Morgan fingerprint density at radius 1 is 1.55 bits per heavy atom. The van der Waals surface area contributed by atoms with Gasteiger partial charge < -0.3 is 0 Å². The lowest BCUT2D eigenvalue weighted by Crippen LogP contribution is -2.11. The molecule has 1 rings (SSSR count). The number of hydrogen-bond donors (Lipinski definition) is 0. The molecule has 0 fully saturated rings. The Kier molecular flexibility index (Phi) is 2.80. The predicted molar refractivity (Wildman–Crippen MR) is 48.3 cm³/mol. The highest BCUT2D eigenvalue weighted by Crippen LogP contribution is 2.09. The van der Waals surface area contributed by atoms with E-state index in [0.29, 0.717) is 11.8 Å². The zero-order chi connectivity index (χ0) is 8.27. The van der Waals surface area contributed by atoms with Crippen molar-refractivity contribution in [3.05, 3.63) is 0 Å². The molecule has 1 unspecified atom stereocenters. The Hall–Kier alpha value is -0.660. The molecule has 0 spiro atoms. The molecule has 62 valence electrons. The van der Waals surface area contributed by atoms with Crippen LogP contribution in [0.5, 0.6) is 0 Å². The Morgan fingerprint density at radius 2 is 2.27 bits per heavy atom. The molecule has 1 aliphatic rings. The normalized spacial score (nSPS) is 22.9. The van der Waals surface area contributed by atoms with E-state index in [1.165, 1.54) is 6.42 Å². The van der Waals surface area contributed by atoms with E-state index in [1.807, 2.05) is 10.9 Å². The third kappa shape index (κ3) is 2.14. The molecule has 2 nitrogen and oxygen atoms in total. The highest BCUT2D eigenvalue weighted by atomic mass is 15.4. The van der Waals surface area contributed by atoms with Crippen molar-refractivity contribution >= 4 is 12.4 Å². The molecule has 0 N–H and O–H groups in total. The molecular weight excluding hydrogens is 136 g/mol. The molecule has 0 aromatic heterocycles. The van der Waals surface area contributed by atoms with E-state index in [1.54, 1.807) is 0 Å². The number of rotatable bonds is 3. The molecule has 0 aromatic rings. The second-order valence-electron chi connectivity index (χ2n) is 3.40. The molecule has 0 amide bonds. The fourth-order valence-corrected chi connectivity index (χ4v) is 1.14. The minimum atomic E-state index is 0.557. The van der Waals surface area contributed by atoms with Gasteiger partial charge in [-0.1, -0.05) is 25.5 Å². The molecule has 1 atom stereocenters. The van der Waals surface area contributed by atoms with E-state index in [9.17, 15) is 0 Å². The molecule has 0 radical (unpaired) electrons. The molecule has 11 heavy (non-hydrogen) atoms. The van der Waals surface area contributed by atoms with Gasteiger partial charge in [-0.05, 0) is 11.0 Å². The number of nitrogens with zero attached hydrogens (tertiary/aromatic N) is 2. The van der Waals surface area contributed by atoms with E-state index in [2.05, 4.69) is 32.1 Å². The van der Waals surface area contributed by atoms with E-state index >= 15 is 0 Å². The van der Waals surface area contributed by atoms with Gasteiger partial charge in [-0.3, -0.25) is 0 Å². The van der Waals surface area contributed by atoms with E-state index in [-0.39, 0.29) is 0 Å². The summed E-state index contributed by atoms with van der Waals surface area (Å²) in [6.45, 7) is 7.68. The minimum absolute atomic E-state index is 0.557. The Balaban J connectivity index is 2.49. The van der Waals surface area contributed by atoms with Crippen molar-refractivity contribution in [2.75, 3.05) is 6.54 Å². The monoisotopic (exact) mass is 153 g/mol. The first kappa shape index (κ1) is 8.44.